The molecule has 128 valence electrons. The second-order valence-corrected chi connectivity index (χ2v) is 7.00. The minimum Gasteiger partial charge on any atom is -0.457 e. The highest BCUT2D eigenvalue weighted by Gasteiger charge is 2.08. The monoisotopic (exact) mass is 359 g/mol. The Morgan fingerprint density at radius 3 is 2.46 bits per heavy atom. The Kier molecular flexibility index (Phi) is 4.75. The van der Waals surface area contributed by atoms with Gasteiger partial charge in [-0.2, -0.15) is 0 Å². The first kappa shape index (κ1) is 16.5. The Bertz CT molecular complexity index is 1040. The Balaban J connectivity index is 1.43. The van der Waals surface area contributed by atoms with Crippen molar-refractivity contribution in [2.24, 2.45) is 0 Å². The van der Waals surface area contributed by atoms with Crippen LogP contribution in [0.25, 0.3) is 10.2 Å². The highest BCUT2D eigenvalue weighted by molar-refractivity contribution is 7.16. The smallest absolute Gasteiger partial charge is 0.141 e. The first-order valence-electron chi connectivity index (χ1n) is 8.42. The van der Waals surface area contributed by atoms with Crippen molar-refractivity contribution >= 4 is 27.3 Å². The van der Waals surface area contributed by atoms with Gasteiger partial charge in [0.15, 0.2) is 0 Å². The summed E-state index contributed by atoms with van der Waals surface area (Å²) in [6.07, 6.45) is 0.824. The van der Waals surface area contributed by atoms with Crippen molar-refractivity contribution in [2.45, 2.75) is 12.8 Å². The maximum atomic E-state index is 12.5. The lowest BCUT2D eigenvalue weighted by Gasteiger charge is -2.07. The molecule has 1 aromatic heterocycles. The summed E-state index contributed by atoms with van der Waals surface area (Å²) in [6.45, 7) is 0. The number of fused-ring (bicyclic) bond motifs is 1. The highest BCUT2D eigenvalue weighted by Crippen LogP contribution is 2.23. The number of para-hydroxylation sites is 1. The molecule has 0 aliphatic rings. The summed E-state index contributed by atoms with van der Waals surface area (Å²) >= 11 is 1.60. The van der Waals surface area contributed by atoms with Gasteiger partial charge in [0.1, 0.15) is 17.3 Å². The molecule has 3 nitrogen and oxygen atoms in total. The third-order valence-corrected chi connectivity index (χ3v) is 4.87. The van der Waals surface area contributed by atoms with Crippen molar-refractivity contribution in [3.8, 4) is 11.5 Å². The number of nitrogens with zero attached hydrogens (tertiary/aromatic N) is 1. The van der Waals surface area contributed by atoms with Crippen LogP contribution < -0.4 is 4.74 Å². The summed E-state index contributed by atoms with van der Waals surface area (Å²) in [5.74, 6) is 1.71. The first-order chi connectivity index (χ1) is 12.8. The van der Waals surface area contributed by atoms with Gasteiger partial charge in [0.25, 0.3) is 0 Å². The molecule has 0 amide bonds. The van der Waals surface area contributed by atoms with Crippen LogP contribution in [0.1, 0.15) is 11.1 Å². The molecule has 0 aliphatic heterocycles. The average molecular weight is 359 g/mol. The summed E-state index contributed by atoms with van der Waals surface area (Å²) in [5, 5.41) is 0. The molecule has 0 saturated carbocycles. The third-order valence-electron chi connectivity index (χ3n) is 4.08. The number of thiazole rings is 1. The van der Waals surface area contributed by atoms with Gasteiger partial charge < -0.3 is 4.74 Å². The van der Waals surface area contributed by atoms with Crippen LogP contribution in [0.4, 0.5) is 0 Å². The van der Waals surface area contributed by atoms with Gasteiger partial charge in [-0.1, -0.05) is 36.4 Å². The lowest BCUT2D eigenvalue weighted by molar-refractivity contribution is -0.117. The van der Waals surface area contributed by atoms with Crippen molar-refractivity contribution in [3.63, 3.8) is 0 Å². The van der Waals surface area contributed by atoms with Crippen LogP contribution in [0.2, 0.25) is 0 Å². The fraction of sp³-hybridized carbons (Fsp3) is 0.0909. The fourth-order valence-corrected chi connectivity index (χ4v) is 3.61. The second kappa shape index (κ2) is 7.50. The average Bonchev–Trinajstić information content (AvgIpc) is 3.10. The van der Waals surface area contributed by atoms with E-state index in [0.717, 1.165) is 32.8 Å². The van der Waals surface area contributed by atoms with Crippen LogP contribution in [0, 0.1) is 0 Å². The van der Waals surface area contributed by atoms with Gasteiger partial charge in [-0.3, -0.25) is 4.79 Å². The zero-order chi connectivity index (χ0) is 17.8. The number of aromatic nitrogens is 1. The molecule has 1 heterocycles. The molecule has 4 heteroatoms. The van der Waals surface area contributed by atoms with Crippen molar-refractivity contribution in [1.82, 2.24) is 4.98 Å². The standard InChI is InChI=1S/C22H17NO2S/c24-18(12-17-9-10-21-22(14-17)26-15-23-21)11-16-5-4-8-20(13-16)25-19-6-2-1-3-7-19/h1-10,13-15H,11-12H2. The topological polar surface area (TPSA) is 39.2 Å². The molecular formula is C22H17NO2S. The van der Waals surface area contributed by atoms with Gasteiger partial charge in [-0.15, -0.1) is 11.3 Å². The van der Waals surface area contributed by atoms with Crippen LogP contribution >= 0.6 is 11.3 Å². The van der Waals surface area contributed by atoms with Gasteiger partial charge in [0, 0.05) is 12.8 Å². The molecule has 0 bridgehead atoms. The maximum Gasteiger partial charge on any atom is 0.141 e. The first-order valence-corrected chi connectivity index (χ1v) is 9.30. The van der Waals surface area contributed by atoms with E-state index in [1.165, 1.54) is 0 Å². The van der Waals surface area contributed by atoms with Gasteiger partial charge in [0.05, 0.1) is 15.7 Å². The number of hydrogen-bond acceptors (Lipinski definition) is 4. The molecule has 4 aromatic rings. The predicted octanol–water partition coefficient (Wildman–Crippen LogP) is 5.44. The molecule has 0 spiro atoms. The van der Waals surface area contributed by atoms with E-state index in [0.29, 0.717) is 12.8 Å². The zero-order valence-corrected chi connectivity index (χ0v) is 14.9. The number of carbonyl (C=O) groups excluding carboxylic acids is 1. The van der Waals surface area contributed by atoms with Crippen molar-refractivity contribution in [2.75, 3.05) is 0 Å². The van der Waals surface area contributed by atoms with E-state index >= 15 is 0 Å². The Hall–Kier alpha value is -2.98. The third kappa shape index (κ3) is 3.98. The van der Waals surface area contributed by atoms with Crippen LogP contribution in [-0.4, -0.2) is 10.8 Å². The van der Waals surface area contributed by atoms with Crippen LogP contribution in [0.3, 0.4) is 0 Å². The molecule has 0 unspecified atom stereocenters. The summed E-state index contributed by atoms with van der Waals surface area (Å²) in [5.41, 5.74) is 4.80. The number of ether oxygens (including phenoxy) is 1. The van der Waals surface area contributed by atoms with E-state index in [1.54, 1.807) is 11.3 Å². The molecule has 0 atom stereocenters. The van der Waals surface area contributed by atoms with Gasteiger partial charge >= 0.3 is 0 Å². The summed E-state index contributed by atoms with van der Waals surface area (Å²) in [4.78, 5) is 16.7. The van der Waals surface area contributed by atoms with Crippen molar-refractivity contribution in [1.29, 1.82) is 0 Å². The van der Waals surface area contributed by atoms with Crippen LogP contribution in [0.5, 0.6) is 11.5 Å². The van der Waals surface area contributed by atoms with E-state index in [9.17, 15) is 4.79 Å². The molecule has 0 N–H and O–H groups in total. The van der Waals surface area contributed by atoms with Crippen molar-refractivity contribution in [3.05, 3.63) is 89.4 Å². The maximum absolute atomic E-state index is 12.5. The number of Topliss-reactive ketones (excluding diaryl/α,β-unsaturated/α-hetero) is 1. The van der Waals surface area contributed by atoms with E-state index in [1.807, 2.05) is 72.2 Å². The lowest BCUT2D eigenvalue weighted by Crippen LogP contribution is -2.06. The number of ketones is 1. The Morgan fingerprint density at radius 2 is 1.62 bits per heavy atom. The SMILES string of the molecule is O=C(Cc1cccc(Oc2ccccc2)c1)Cc1ccc2ncsc2c1. The number of carbonyl (C=O) groups is 1. The van der Waals surface area contributed by atoms with Gasteiger partial charge in [-0.25, -0.2) is 4.98 Å². The van der Waals surface area contributed by atoms with Crippen molar-refractivity contribution < 1.29 is 9.53 Å². The normalized spacial score (nSPS) is 10.8. The summed E-state index contributed by atoms with van der Waals surface area (Å²) < 4.78 is 6.96. The largest absolute Gasteiger partial charge is 0.457 e. The summed E-state index contributed by atoms with van der Waals surface area (Å²) in [6, 6.07) is 23.4. The van der Waals surface area contributed by atoms with E-state index in [-0.39, 0.29) is 5.78 Å². The zero-order valence-electron chi connectivity index (χ0n) is 14.1. The molecule has 0 radical (unpaired) electrons. The molecular weight excluding hydrogens is 342 g/mol. The molecule has 0 fully saturated rings. The highest BCUT2D eigenvalue weighted by atomic mass is 32.1. The molecule has 4 rings (SSSR count). The second-order valence-electron chi connectivity index (χ2n) is 6.11. The van der Waals surface area contributed by atoms with Crippen LogP contribution in [0.15, 0.2) is 78.3 Å². The van der Waals surface area contributed by atoms with E-state index in [4.69, 9.17) is 4.74 Å². The Morgan fingerprint density at radius 1 is 0.846 bits per heavy atom. The number of benzene rings is 3. The number of hydrogen-bond donors (Lipinski definition) is 0. The fourth-order valence-electron chi connectivity index (χ4n) is 2.87. The minimum atomic E-state index is 0.186. The van der Waals surface area contributed by atoms with Gasteiger partial charge in [0.2, 0.25) is 0 Å². The molecule has 26 heavy (non-hydrogen) atoms. The Labute approximate surface area is 155 Å². The quantitative estimate of drug-likeness (QED) is 0.460. The minimum absolute atomic E-state index is 0.186. The van der Waals surface area contributed by atoms with Gasteiger partial charge in [-0.05, 0) is 47.5 Å². The number of rotatable bonds is 6. The predicted molar refractivity (Wildman–Crippen MR) is 105 cm³/mol. The lowest BCUT2D eigenvalue weighted by atomic mass is 10.0. The van der Waals surface area contributed by atoms with Crippen LogP contribution in [-0.2, 0) is 17.6 Å². The molecule has 0 saturated heterocycles. The molecule has 0 aliphatic carbocycles. The summed E-state index contributed by atoms with van der Waals surface area (Å²) in [7, 11) is 0. The van der Waals surface area contributed by atoms with E-state index < -0.39 is 0 Å². The van der Waals surface area contributed by atoms with E-state index in [2.05, 4.69) is 11.1 Å². The molecule has 3 aromatic carbocycles.